The van der Waals surface area contributed by atoms with Crippen LogP contribution in [0.15, 0.2) is 18.2 Å². The Morgan fingerprint density at radius 2 is 1.83 bits per heavy atom. The smallest absolute Gasteiger partial charge is 0.161 e. The third-order valence-electron chi connectivity index (χ3n) is 2.55. The van der Waals surface area contributed by atoms with Crippen LogP contribution in [0.5, 0.6) is 11.5 Å². The number of ether oxygens (including phenoxy) is 2. The van der Waals surface area contributed by atoms with Crippen LogP contribution in [0.25, 0.3) is 0 Å². The first-order chi connectivity index (χ1) is 8.63. The van der Waals surface area contributed by atoms with Crippen molar-refractivity contribution >= 4 is 0 Å². The average molecular weight is 249 g/mol. The fourth-order valence-electron chi connectivity index (χ4n) is 1.72. The molecule has 4 heteroatoms. The van der Waals surface area contributed by atoms with Crippen molar-refractivity contribution in [3.63, 3.8) is 0 Å². The molecule has 98 valence electrons. The predicted molar refractivity (Wildman–Crippen MR) is 68.8 cm³/mol. The molecule has 0 aliphatic carbocycles. The third kappa shape index (κ3) is 3.38. The van der Waals surface area contributed by atoms with Crippen LogP contribution in [0.3, 0.4) is 0 Å². The van der Waals surface area contributed by atoms with E-state index in [2.05, 4.69) is 6.07 Å². The van der Waals surface area contributed by atoms with Crippen LogP contribution in [0.4, 0.5) is 0 Å². The molecule has 1 N–H and O–H groups in total. The average Bonchev–Trinajstić information content (AvgIpc) is 2.33. The van der Waals surface area contributed by atoms with Gasteiger partial charge in [0, 0.05) is 0 Å². The van der Waals surface area contributed by atoms with Gasteiger partial charge in [-0.15, -0.1) is 0 Å². The Hall–Kier alpha value is -1.73. The first-order valence-corrected chi connectivity index (χ1v) is 6.11. The maximum absolute atomic E-state index is 9.56. The van der Waals surface area contributed by atoms with Gasteiger partial charge >= 0.3 is 0 Å². The van der Waals surface area contributed by atoms with Crippen LogP contribution < -0.4 is 9.47 Å². The van der Waals surface area contributed by atoms with Crippen molar-refractivity contribution in [2.75, 3.05) is 13.2 Å². The molecule has 1 aromatic rings. The van der Waals surface area contributed by atoms with Gasteiger partial charge < -0.3 is 14.6 Å². The van der Waals surface area contributed by atoms with Crippen LogP contribution >= 0.6 is 0 Å². The number of hydrogen-bond acceptors (Lipinski definition) is 4. The Kier molecular flexibility index (Phi) is 5.47. The molecule has 0 saturated carbocycles. The summed E-state index contributed by atoms with van der Waals surface area (Å²) in [6, 6.07) is 7.41. The largest absolute Gasteiger partial charge is 0.490 e. The van der Waals surface area contributed by atoms with E-state index in [0.29, 0.717) is 24.7 Å². The van der Waals surface area contributed by atoms with Gasteiger partial charge in [-0.05, 0) is 38.5 Å². The topological polar surface area (TPSA) is 62.5 Å². The molecule has 0 spiro atoms. The van der Waals surface area contributed by atoms with E-state index in [1.807, 2.05) is 13.8 Å². The zero-order chi connectivity index (χ0) is 13.5. The van der Waals surface area contributed by atoms with E-state index in [-0.39, 0.29) is 0 Å². The first-order valence-electron chi connectivity index (χ1n) is 6.11. The molecule has 1 aromatic carbocycles. The fraction of sp³-hybridized carbons (Fsp3) is 0.500. The summed E-state index contributed by atoms with van der Waals surface area (Å²) in [5, 5.41) is 18.6. The minimum absolute atomic E-state index is 0.523. The monoisotopic (exact) mass is 249 g/mol. The Labute approximate surface area is 108 Å². The Balaban J connectivity index is 3.09. The molecular formula is C14H19NO3. The summed E-state index contributed by atoms with van der Waals surface area (Å²) < 4.78 is 10.9. The first kappa shape index (κ1) is 14.3. The number of rotatable bonds is 6. The predicted octanol–water partition coefficient (Wildman–Crippen LogP) is 2.47. The number of aliphatic hydroxyl groups excluding tert-OH is 1. The van der Waals surface area contributed by atoms with Gasteiger partial charge in [0.05, 0.1) is 31.3 Å². The molecule has 1 rings (SSSR count). The second-order valence-corrected chi connectivity index (χ2v) is 3.92. The molecule has 18 heavy (non-hydrogen) atoms. The highest BCUT2D eigenvalue weighted by Gasteiger charge is 2.18. The van der Waals surface area contributed by atoms with E-state index >= 15 is 0 Å². The van der Waals surface area contributed by atoms with Crippen molar-refractivity contribution in [2.45, 2.75) is 32.8 Å². The van der Waals surface area contributed by atoms with Crippen molar-refractivity contribution < 1.29 is 14.6 Å². The summed E-state index contributed by atoms with van der Waals surface area (Å²) >= 11 is 0. The van der Waals surface area contributed by atoms with Crippen molar-refractivity contribution in [1.82, 2.24) is 0 Å². The normalized spacial score (nSPS) is 13.5. The van der Waals surface area contributed by atoms with Crippen molar-refractivity contribution in [2.24, 2.45) is 0 Å². The number of aliphatic hydroxyl groups is 1. The number of hydrogen-bond donors (Lipinski definition) is 1. The lowest BCUT2D eigenvalue weighted by Crippen LogP contribution is -2.13. The van der Waals surface area contributed by atoms with E-state index < -0.39 is 12.0 Å². The Bertz CT molecular complexity index is 424. The molecule has 0 fully saturated rings. The zero-order valence-electron chi connectivity index (χ0n) is 11.0. The van der Waals surface area contributed by atoms with Gasteiger partial charge in [-0.2, -0.15) is 5.26 Å². The summed E-state index contributed by atoms with van der Waals surface area (Å²) in [7, 11) is 0. The van der Waals surface area contributed by atoms with E-state index in [4.69, 9.17) is 14.7 Å². The molecule has 0 heterocycles. The molecule has 2 atom stereocenters. The maximum atomic E-state index is 9.56. The van der Waals surface area contributed by atoms with Crippen LogP contribution in [-0.4, -0.2) is 24.4 Å². The molecule has 0 aliphatic rings. The third-order valence-corrected chi connectivity index (χ3v) is 2.55. The van der Waals surface area contributed by atoms with E-state index in [1.165, 1.54) is 0 Å². The van der Waals surface area contributed by atoms with Crippen LogP contribution in [0, 0.1) is 11.3 Å². The standard InChI is InChI=1S/C14H19NO3/c1-4-17-13-7-6-11(8-14(13)18-5-2)12(9-15)10(3)16/h6-8,10,12,16H,4-5H2,1-3H3. The zero-order valence-corrected chi connectivity index (χ0v) is 11.0. The molecule has 2 unspecified atom stereocenters. The maximum Gasteiger partial charge on any atom is 0.161 e. The molecular weight excluding hydrogens is 230 g/mol. The van der Waals surface area contributed by atoms with Gasteiger partial charge in [0.25, 0.3) is 0 Å². The number of nitriles is 1. The molecule has 0 aliphatic heterocycles. The Morgan fingerprint density at radius 1 is 1.22 bits per heavy atom. The highest BCUT2D eigenvalue weighted by molar-refractivity contribution is 5.45. The summed E-state index contributed by atoms with van der Waals surface area (Å²) in [5.74, 6) is 0.711. The van der Waals surface area contributed by atoms with Gasteiger partial charge in [0.2, 0.25) is 0 Å². The van der Waals surface area contributed by atoms with Crippen LogP contribution in [0.1, 0.15) is 32.3 Å². The second kappa shape index (κ2) is 6.87. The summed E-state index contributed by atoms with van der Waals surface area (Å²) in [6.07, 6.45) is -0.720. The summed E-state index contributed by atoms with van der Waals surface area (Å²) in [6.45, 7) is 6.47. The SMILES string of the molecule is CCOc1ccc(C(C#N)C(C)O)cc1OCC. The lowest BCUT2D eigenvalue weighted by atomic mass is 9.95. The molecule has 0 radical (unpaired) electrons. The molecule has 4 nitrogen and oxygen atoms in total. The molecule has 0 amide bonds. The summed E-state index contributed by atoms with van der Waals surface area (Å²) in [4.78, 5) is 0. The van der Waals surface area contributed by atoms with Gasteiger partial charge in [0.15, 0.2) is 11.5 Å². The minimum Gasteiger partial charge on any atom is -0.490 e. The van der Waals surface area contributed by atoms with Gasteiger partial charge in [-0.3, -0.25) is 0 Å². The lowest BCUT2D eigenvalue weighted by molar-refractivity contribution is 0.181. The molecule has 0 bridgehead atoms. The second-order valence-electron chi connectivity index (χ2n) is 3.92. The summed E-state index contributed by atoms with van der Waals surface area (Å²) in [5.41, 5.74) is 0.736. The Morgan fingerprint density at radius 3 is 2.33 bits per heavy atom. The number of benzene rings is 1. The van der Waals surface area contributed by atoms with Gasteiger partial charge in [-0.25, -0.2) is 0 Å². The molecule has 0 saturated heterocycles. The van der Waals surface area contributed by atoms with E-state index in [1.54, 1.807) is 25.1 Å². The highest BCUT2D eigenvalue weighted by Crippen LogP contribution is 2.32. The van der Waals surface area contributed by atoms with Gasteiger partial charge in [0.1, 0.15) is 0 Å². The number of nitrogens with zero attached hydrogens (tertiary/aromatic N) is 1. The highest BCUT2D eigenvalue weighted by atomic mass is 16.5. The van der Waals surface area contributed by atoms with Crippen molar-refractivity contribution in [1.29, 1.82) is 5.26 Å². The molecule has 0 aromatic heterocycles. The quantitative estimate of drug-likeness (QED) is 0.841. The van der Waals surface area contributed by atoms with E-state index in [0.717, 1.165) is 5.56 Å². The van der Waals surface area contributed by atoms with Crippen molar-refractivity contribution in [3.8, 4) is 17.6 Å². The van der Waals surface area contributed by atoms with E-state index in [9.17, 15) is 5.11 Å². The minimum atomic E-state index is -0.720. The van der Waals surface area contributed by atoms with Gasteiger partial charge in [-0.1, -0.05) is 6.07 Å². The lowest BCUT2D eigenvalue weighted by Gasteiger charge is -2.16. The fourth-order valence-corrected chi connectivity index (χ4v) is 1.72. The van der Waals surface area contributed by atoms with Crippen molar-refractivity contribution in [3.05, 3.63) is 23.8 Å². The van der Waals surface area contributed by atoms with Crippen LogP contribution in [0.2, 0.25) is 0 Å². The van der Waals surface area contributed by atoms with Crippen LogP contribution in [-0.2, 0) is 0 Å².